The number of aryl methyl sites for hydroxylation is 2. The van der Waals surface area contributed by atoms with Crippen LogP contribution in [0.5, 0.6) is 0 Å². The maximum atomic E-state index is 13.3. The fourth-order valence-corrected chi connectivity index (χ4v) is 5.47. The number of ether oxygens (including phenoxy) is 1. The van der Waals surface area contributed by atoms with Crippen LogP contribution in [-0.2, 0) is 19.6 Å². The molecule has 0 atom stereocenters. The molecule has 2 aromatic rings. The van der Waals surface area contributed by atoms with Gasteiger partial charge in [-0.15, -0.1) is 0 Å². The summed E-state index contributed by atoms with van der Waals surface area (Å²) in [5.41, 5.74) is 3.34. The molecule has 10 nitrogen and oxygen atoms in total. The number of carbonyl (C=O) groups excluding carboxylic acids is 1. The largest absolute Gasteiger partial charge is 0.490 e. The average molecular weight is 573 g/mol. The SMILES string of the molecule is Cc1ccc(S(=O)(=O)Nc2cc(C(=O)N3CCOCC3)ccc2N2CCNCC2)c(C)c1.O=C(O)C(F)(F)F. The van der Waals surface area contributed by atoms with Gasteiger partial charge in [0.2, 0.25) is 0 Å². The van der Waals surface area contributed by atoms with E-state index in [1.807, 2.05) is 19.1 Å². The summed E-state index contributed by atoms with van der Waals surface area (Å²) in [6.45, 7) is 8.95. The Morgan fingerprint density at radius 2 is 1.62 bits per heavy atom. The Morgan fingerprint density at radius 3 is 2.18 bits per heavy atom. The van der Waals surface area contributed by atoms with Crippen molar-refractivity contribution in [3.63, 3.8) is 0 Å². The number of morpholine rings is 1. The Bertz CT molecular complexity index is 1290. The van der Waals surface area contributed by atoms with Crippen LogP contribution < -0.4 is 14.9 Å². The number of carboxylic acids is 1. The van der Waals surface area contributed by atoms with E-state index in [0.717, 1.165) is 37.4 Å². The summed E-state index contributed by atoms with van der Waals surface area (Å²) in [5, 5.41) is 10.4. The predicted octanol–water partition coefficient (Wildman–Crippen LogP) is 2.62. The molecule has 4 rings (SSSR count). The Hall–Kier alpha value is -3.36. The van der Waals surface area contributed by atoms with E-state index < -0.39 is 22.2 Å². The van der Waals surface area contributed by atoms with Gasteiger partial charge in [0.25, 0.3) is 15.9 Å². The van der Waals surface area contributed by atoms with E-state index in [9.17, 15) is 26.4 Å². The van der Waals surface area contributed by atoms with Crippen LogP contribution in [0.1, 0.15) is 21.5 Å². The van der Waals surface area contributed by atoms with Crippen LogP contribution in [0.3, 0.4) is 0 Å². The van der Waals surface area contributed by atoms with Gasteiger partial charge >= 0.3 is 12.1 Å². The minimum atomic E-state index is -5.08. The van der Waals surface area contributed by atoms with Gasteiger partial charge < -0.3 is 25.0 Å². The Balaban J connectivity index is 0.000000532. The first kappa shape index (κ1) is 30.2. The van der Waals surface area contributed by atoms with Crippen molar-refractivity contribution in [3.05, 3.63) is 53.1 Å². The number of carboxylic acid groups (broad SMARTS) is 1. The molecule has 0 spiro atoms. The summed E-state index contributed by atoms with van der Waals surface area (Å²) in [5.74, 6) is -2.88. The predicted molar refractivity (Wildman–Crippen MR) is 139 cm³/mol. The molecule has 0 aliphatic carbocycles. The highest BCUT2D eigenvalue weighted by Crippen LogP contribution is 2.31. The molecule has 2 saturated heterocycles. The quantitative estimate of drug-likeness (QED) is 0.499. The van der Waals surface area contributed by atoms with Gasteiger partial charge in [-0.3, -0.25) is 9.52 Å². The fraction of sp³-hybridized carbons (Fsp3) is 0.440. The van der Waals surface area contributed by atoms with Crippen LogP contribution in [0.4, 0.5) is 24.5 Å². The second kappa shape index (κ2) is 12.7. The molecular formula is C25H31F3N4O6S. The number of benzene rings is 2. The second-order valence-corrected chi connectivity index (χ2v) is 10.7. The number of carbonyl (C=O) groups is 2. The van der Waals surface area contributed by atoms with E-state index >= 15 is 0 Å². The van der Waals surface area contributed by atoms with Gasteiger partial charge in [-0.05, 0) is 43.7 Å². The number of rotatable bonds is 5. The number of halogens is 3. The van der Waals surface area contributed by atoms with Gasteiger partial charge in [0, 0.05) is 44.8 Å². The van der Waals surface area contributed by atoms with E-state index in [2.05, 4.69) is 14.9 Å². The summed E-state index contributed by atoms with van der Waals surface area (Å²) >= 11 is 0. The molecular weight excluding hydrogens is 541 g/mol. The van der Waals surface area contributed by atoms with Crippen LogP contribution in [0.15, 0.2) is 41.3 Å². The molecule has 2 aromatic carbocycles. The highest BCUT2D eigenvalue weighted by atomic mass is 32.2. The number of hydrogen-bond donors (Lipinski definition) is 3. The van der Waals surface area contributed by atoms with Crippen molar-refractivity contribution in [2.75, 3.05) is 62.1 Å². The highest BCUT2D eigenvalue weighted by Gasteiger charge is 2.38. The Kier molecular flexibility index (Phi) is 9.80. The normalized spacial score (nSPS) is 16.2. The molecule has 2 aliphatic rings. The number of aliphatic carboxylic acids is 1. The van der Waals surface area contributed by atoms with Crippen molar-refractivity contribution in [3.8, 4) is 0 Å². The molecule has 14 heteroatoms. The van der Waals surface area contributed by atoms with Crippen molar-refractivity contribution < 1.29 is 41.0 Å². The van der Waals surface area contributed by atoms with E-state index in [1.165, 1.54) is 0 Å². The second-order valence-electron chi connectivity index (χ2n) is 9.05. The first-order chi connectivity index (χ1) is 18.3. The van der Waals surface area contributed by atoms with Crippen LogP contribution in [-0.4, -0.2) is 89.0 Å². The molecule has 0 bridgehead atoms. The number of nitrogens with zero attached hydrogens (tertiary/aromatic N) is 2. The standard InChI is InChI=1S/C23H30N4O4S.C2HF3O2/c1-17-3-6-22(18(2)15-17)32(29,30)25-20-16-19(23(28)27-11-13-31-14-12-27)4-5-21(20)26-9-7-24-8-10-26;3-2(4,5)1(6)7/h3-6,15-16,24-25H,7-14H2,1-2H3;(H,6,7). The topological polar surface area (TPSA) is 128 Å². The number of nitrogens with one attached hydrogen (secondary N) is 2. The lowest BCUT2D eigenvalue weighted by Gasteiger charge is -2.32. The van der Waals surface area contributed by atoms with Gasteiger partial charge in [0.15, 0.2) is 0 Å². The van der Waals surface area contributed by atoms with Crippen LogP contribution in [0.2, 0.25) is 0 Å². The van der Waals surface area contributed by atoms with Gasteiger partial charge in [-0.1, -0.05) is 17.7 Å². The number of anilines is 2. The molecule has 1 amide bonds. The van der Waals surface area contributed by atoms with E-state index in [0.29, 0.717) is 43.1 Å². The molecule has 0 unspecified atom stereocenters. The van der Waals surface area contributed by atoms with Crippen molar-refractivity contribution in [2.24, 2.45) is 0 Å². The molecule has 39 heavy (non-hydrogen) atoms. The summed E-state index contributed by atoms with van der Waals surface area (Å²) in [6.07, 6.45) is -5.08. The lowest BCUT2D eigenvalue weighted by Crippen LogP contribution is -2.44. The third-order valence-electron chi connectivity index (χ3n) is 6.11. The molecule has 2 fully saturated rings. The Morgan fingerprint density at radius 1 is 1.00 bits per heavy atom. The number of sulfonamides is 1. The summed E-state index contributed by atoms with van der Waals surface area (Å²) in [4.78, 5) is 26.0. The zero-order chi connectivity index (χ0) is 28.8. The van der Waals surface area contributed by atoms with Crippen LogP contribution >= 0.6 is 0 Å². The van der Waals surface area contributed by atoms with Gasteiger partial charge in [-0.2, -0.15) is 13.2 Å². The smallest absolute Gasteiger partial charge is 0.475 e. The summed E-state index contributed by atoms with van der Waals surface area (Å²) < 4.78 is 66.4. The highest BCUT2D eigenvalue weighted by molar-refractivity contribution is 7.92. The molecule has 2 heterocycles. The van der Waals surface area contributed by atoms with E-state index in [4.69, 9.17) is 14.6 Å². The first-order valence-corrected chi connectivity index (χ1v) is 13.6. The Labute approximate surface area is 224 Å². The maximum absolute atomic E-state index is 13.3. The van der Waals surface area contributed by atoms with Gasteiger partial charge in [0.1, 0.15) is 0 Å². The van der Waals surface area contributed by atoms with Crippen molar-refractivity contribution in [1.29, 1.82) is 0 Å². The fourth-order valence-electron chi connectivity index (χ4n) is 4.18. The van der Waals surface area contributed by atoms with E-state index in [1.54, 1.807) is 36.1 Å². The third kappa shape index (κ3) is 8.07. The maximum Gasteiger partial charge on any atom is 0.490 e. The van der Waals surface area contributed by atoms with Crippen LogP contribution in [0, 0.1) is 13.8 Å². The minimum Gasteiger partial charge on any atom is -0.475 e. The number of alkyl halides is 3. The van der Waals surface area contributed by atoms with Gasteiger partial charge in [0.05, 0.1) is 29.5 Å². The lowest BCUT2D eigenvalue weighted by molar-refractivity contribution is -0.192. The molecule has 214 valence electrons. The number of amides is 1. The van der Waals surface area contributed by atoms with E-state index in [-0.39, 0.29) is 10.8 Å². The average Bonchev–Trinajstić information content (AvgIpc) is 2.88. The lowest BCUT2D eigenvalue weighted by atomic mass is 10.1. The molecule has 0 radical (unpaired) electrons. The van der Waals surface area contributed by atoms with Crippen molar-refractivity contribution in [2.45, 2.75) is 24.9 Å². The van der Waals surface area contributed by atoms with Gasteiger partial charge in [-0.25, -0.2) is 13.2 Å². The van der Waals surface area contributed by atoms with Crippen LogP contribution in [0.25, 0.3) is 0 Å². The third-order valence-corrected chi connectivity index (χ3v) is 7.63. The zero-order valence-electron chi connectivity index (χ0n) is 21.5. The summed E-state index contributed by atoms with van der Waals surface area (Å²) in [6, 6.07) is 10.6. The summed E-state index contributed by atoms with van der Waals surface area (Å²) in [7, 11) is -3.83. The molecule has 2 aliphatic heterocycles. The zero-order valence-corrected chi connectivity index (χ0v) is 22.4. The monoisotopic (exact) mass is 572 g/mol. The minimum absolute atomic E-state index is 0.118. The molecule has 0 saturated carbocycles. The number of piperazine rings is 1. The molecule has 3 N–H and O–H groups in total. The number of hydrogen-bond acceptors (Lipinski definition) is 7. The van der Waals surface area contributed by atoms with Crippen molar-refractivity contribution >= 4 is 33.3 Å². The van der Waals surface area contributed by atoms with Crippen molar-refractivity contribution in [1.82, 2.24) is 10.2 Å². The first-order valence-electron chi connectivity index (χ1n) is 12.2. The molecule has 0 aromatic heterocycles.